The number of hydrogen-bond donors (Lipinski definition) is 1. The van der Waals surface area contributed by atoms with Crippen LogP contribution in [0, 0.1) is 0 Å². The van der Waals surface area contributed by atoms with Crippen LogP contribution in [0.3, 0.4) is 0 Å². The van der Waals surface area contributed by atoms with Gasteiger partial charge < -0.3 is 14.5 Å². The predicted molar refractivity (Wildman–Crippen MR) is 55.3 cm³/mol. The number of likely N-dealkylation sites (N-methyl/N-ethyl adjacent to an activating group) is 1. The summed E-state index contributed by atoms with van der Waals surface area (Å²) < 4.78 is 2.00. The largest absolute Gasteiger partial charge is 0.324 e. The fourth-order valence-corrected chi connectivity index (χ4v) is 1.55. The number of nitrogens with one attached hydrogen (secondary N) is 1. The van der Waals surface area contributed by atoms with Crippen molar-refractivity contribution in [2.45, 2.75) is 6.04 Å². The van der Waals surface area contributed by atoms with Crippen LogP contribution in [0.4, 0.5) is 0 Å². The monoisotopic (exact) mass is 188 g/mol. The Morgan fingerprint density at radius 1 is 1.43 bits per heavy atom. The molecule has 0 saturated carbocycles. The van der Waals surface area contributed by atoms with Gasteiger partial charge in [0.25, 0.3) is 0 Å². The number of rotatable bonds is 3. The van der Waals surface area contributed by atoms with Crippen LogP contribution in [0.15, 0.2) is 36.7 Å². The molecule has 3 nitrogen and oxygen atoms in total. The molecule has 2 aromatic rings. The molecule has 0 spiro atoms. The molecule has 72 valence electrons. The van der Waals surface area contributed by atoms with Crippen LogP contribution in [-0.4, -0.2) is 17.7 Å². The highest BCUT2D eigenvalue weighted by atomic mass is 16.1. The Morgan fingerprint density at radius 2 is 2.29 bits per heavy atom. The Kier molecular flexibility index (Phi) is 2.33. The Morgan fingerprint density at radius 3 is 3.00 bits per heavy atom. The highest BCUT2D eigenvalue weighted by molar-refractivity contribution is 5.62. The van der Waals surface area contributed by atoms with Crippen molar-refractivity contribution in [3.63, 3.8) is 0 Å². The quantitative estimate of drug-likeness (QED) is 0.739. The first-order valence-electron chi connectivity index (χ1n) is 4.54. The second-order valence-corrected chi connectivity index (χ2v) is 3.21. The summed E-state index contributed by atoms with van der Waals surface area (Å²) in [6, 6.07) is 7.75. The summed E-state index contributed by atoms with van der Waals surface area (Å²) in [4.78, 5) is 10.7. The zero-order valence-corrected chi connectivity index (χ0v) is 7.97. The number of pyridine rings is 1. The smallest absolute Gasteiger partial charge is 0.141 e. The maximum Gasteiger partial charge on any atom is 0.141 e. The molecule has 0 fully saturated rings. The molecule has 14 heavy (non-hydrogen) atoms. The fourth-order valence-electron chi connectivity index (χ4n) is 1.55. The third-order valence-electron chi connectivity index (χ3n) is 2.35. The van der Waals surface area contributed by atoms with Crippen molar-refractivity contribution in [1.29, 1.82) is 0 Å². The lowest BCUT2D eigenvalue weighted by atomic mass is 10.1. The minimum atomic E-state index is -0.221. The number of fused-ring (bicyclic) bond motifs is 1. The molecule has 1 atom stereocenters. The van der Waals surface area contributed by atoms with Crippen LogP contribution in [0.5, 0.6) is 0 Å². The van der Waals surface area contributed by atoms with Crippen molar-refractivity contribution in [3.8, 4) is 0 Å². The summed E-state index contributed by atoms with van der Waals surface area (Å²) >= 11 is 0. The van der Waals surface area contributed by atoms with E-state index in [2.05, 4.69) is 5.32 Å². The highest BCUT2D eigenvalue weighted by Crippen LogP contribution is 2.12. The third-order valence-corrected chi connectivity index (χ3v) is 2.35. The lowest BCUT2D eigenvalue weighted by Gasteiger charge is -2.09. The van der Waals surface area contributed by atoms with Gasteiger partial charge in [0.05, 0.1) is 6.04 Å². The maximum absolute atomic E-state index is 10.7. The average molecular weight is 188 g/mol. The van der Waals surface area contributed by atoms with Gasteiger partial charge in [-0.15, -0.1) is 0 Å². The van der Waals surface area contributed by atoms with Gasteiger partial charge >= 0.3 is 0 Å². The first-order valence-corrected chi connectivity index (χ1v) is 4.54. The van der Waals surface area contributed by atoms with Crippen LogP contribution in [0.1, 0.15) is 11.6 Å². The number of aromatic nitrogens is 1. The number of aldehydes is 1. The van der Waals surface area contributed by atoms with Crippen LogP contribution in [0.2, 0.25) is 0 Å². The highest BCUT2D eigenvalue weighted by Gasteiger charge is 2.07. The summed E-state index contributed by atoms with van der Waals surface area (Å²) in [7, 11) is 1.78. The summed E-state index contributed by atoms with van der Waals surface area (Å²) in [5, 5.41) is 2.94. The molecule has 0 radical (unpaired) electrons. The summed E-state index contributed by atoms with van der Waals surface area (Å²) in [6.45, 7) is 0. The van der Waals surface area contributed by atoms with Crippen molar-refractivity contribution < 1.29 is 4.79 Å². The molecule has 0 aromatic carbocycles. The molecule has 1 N–H and O–H groups in total. The molecule has 2 rings (SSSR count). The second-order valence-electron chi connectivity index (χ2n) is 3.21. The van der Waals surface area contributed by atoms with Crippen LogP contribution >= 0.6 is 0 Å². The molecule has 0 unspecified atom stereocenters. The van der Waals surface area contributed by atoms with E-state index in [1.165, 1.54) is 0 Å². The van der Waals surface area contributed by atoms with Crippen molar-refractivity contribution in [3.05, 3.63) is 42.2 Å². The normalized spacial score (nSPS) is 12.9. The molecular weight excluding hydrogens is 176 g/mol. The molecule has 0 saturated heterocycles. The van der Waals surface area contributed by atoms with Crippen molar-refractivity contribution >= 4 is 11.8 Å². The van der Waals surface area contributed by atoms with E-state index in [0.29, 0.717) is 0 Å². The predicted octanol–water partition coefficient (Wildman–Crippen LogP) is 1.40. The van der Waals surface area contributed by atoms with E-state index in [0.717, 1.165) is 17.4 Å². The van der Waals surface area contributed by atoms with Gasteiger partial charge in [-0.1, -0.05) is 6.07 Å². The van der Waals surface area contributed by atoms with E-state index >= 15 is 0 Å². The summed E-state index contributed by atoms with van der Waals surface area (Å²) in [6.07, 6.45) is 4.84. The molecule has 2 heterocycles. The van der Waals surface area contributed by atoms with Crippen molar-refractivity contribution in [2.24, 2.45) is 0 Å². The average Bonchev–Trinajstić information content (AvgIpc) is 2.66. The fraction of sp³-hybridized carbons (Fsp3) is 0.182. The van der Waals surface area contributed by atoms with Gasteiger partial charge in [-0.3, -0.25) is 0 Å². The molecule has 0 bridgehead atoms. The molecule has 0 amide bonds. The maximum atomic E-state index is 10.7. The number of hydrogen-bond acceptors (Lipinski definition) is 2. The minimum Gasteiger partial charge on any atom is -0.324 e. The Labute approximate surface area is 82.4 Å². The van der Waals surface area contributed by atoms with Gasteiger partial charge in [-0.2, -0.15) is 0 Å². The second kappa shape index (κ2) is 3.64. The number of carbonyl (C=O) groups excluding carboxylic acids is 1. The molecule has 3 heteroatoms. The Hall–Kier alpha value is -1.61. The van der Waals surface area contributed by atoms with Crippen LogP contribution in [0.25, 0.3) is 5.52 Å². The summed E-state index contributed by atoms with van der Waals surface area (Å²) in [5.74, 6) is 0. The van der Waals surface area contributed by atoms with E-state index in [9.17, 15) is 4.79 Å². The van der Waals surface area contributed by atoms with Crippen molar-refractivity contribution in [2.75, 3.05) is 7.05 Å². The van der Waals surface area contributed by atoms with Gasteiger partial charge in [-0.05, 0) is 30.8 Å². The van der Waals surface area contributed by atoms with E-state index in [1.807, 2.05) is 41.1 Å². The molecule has 0 aliphatic heterocycles. The van der Waals surface area contributed by atoms with Gasteiger partial charge in [0.15, 0.2) is 0 Å². The van der Waals surface area contributed by atoms with E-state index < -0.39 is 0 Å². The molecular formula is C11H12N2O. The zero-order valence-electron chi connectivity index (χ0n) is 7.97. The first kappa shape index (κ1) is 8.97. The molecule has 0 aliphatic rings. The van der Waals surface area contributed by atoms with Crippen LogP contribution < -0.4 is 5.32 Å². The first-order chi connectivity index (χ1) is 6.85. The van der Waals surface area contributed by atoms with Gasteiger partial charge in [-0.25, -0.2) is 0 Å². The van der Waals surface area contributed by atoms with Crippen molar-refractivity contribution in [1.82, 2.24) is 9.72 Å². The zero-order chi connectivity index (χ0) is 9.97. The van der Waals surface area contributed by atoms with Gasteiger partial charge in [0.1, 0.15) is 6.29 Å². The Bertz CT molecular complexity index is 447. The topological polar surface area (TPSA) is 33.5 Å². The summed E-state index contributed by atoms with van der Waals surface area (Å²) in [5.41, 5.74) is 2.11. The minimum absolute atomic E-state index is 0.221. The standard InChI is InChI=1S/C11H12N2O/c1-12-11(8-14)9-4-5-10-3-2-6-13(10)7-9/h2-8,11-12H,1H3/t11-/m1/s1. The van der Waals surface area contributed by atoms with Crippen LogP contribution in [-0.2, 0) is 4.79 Å². The van der Waals surface area contributed by atoms with E-state index in [1.54, 1.807) is 7.05 Å². The number of carbonyl (C=O) groups is 1. The van der Waals surface area contributed by atoms with Gasteiger partial charge in [0.2, 0.25) is 0 Å². The molecule has 0 aliphatic carbocycles. The van der Waals surface area contributed by atoms with E-state index in [4.69, 9.17) is 0 Å². The van der Waals surface area contributed by atoms with Gasteiger partial charge in [0, 0.05) is 17.9 Å². The number of nitrogens with zero attached hydrogens (tertiary/aromatic N) is 1. The molecule has 2 aromatic heterocycles. The van der Waals surface area contributed by atoms with E-state index in [-0.39, 0.29) is 6.04 Å². The third kappa shape index (κ3) is 1.42. The SMILES string of the molecule is CN[C@H](C=O)c1ccc2cccn2c1. The lowest BCUT2D eigenvalue weighted by Crippen LogP contribution is -2.17. The Balaban J connectivity index is 2.47. The lowest BCUT2D eigenvalue weighted by molar-refractivity contribution is -0.109.